The highest BCUT2D eigenvalue weighted by Crippen LogP contribution is 2.37. The number of fused-ring (bicyclic) bond motifs is 1. The van der Waals surface area contributed by atoms with E-state index >= 15 is 0 Å². The minimum Gasteiger partial charge on any atom is -0.0655 e. The van der Waals surface area contributed by atoms with Crippen LogP contribution in [0.4, 0.5) is 0 Å². The lowest BCUT2D eigenvalue weighted by Gasteiger charge is -2.14. The van der Waals surface area contributed by atoms with Crippen LogP contribution in [0.3, 0.4) is 0 Å². The zero-order valence-corrected chi connectivity index (χ0v) is 13.2. The number of allylic oxidation sites excluding steroid dienone is 1. The number of benzene rings is 2. The first-order valence-corrected chi connectivity index (χ1v) is 8.23. The number of hydrogen-bond acceptors (Lipinski definition) is 0. The monoisotopic (exact) mass is 276 g/mol. The van der Waals surface area contributed by atoms with E-state index in [2.05, 4.69) is 62.4 Å². The van der Waals surface area contributed by atoms with Crippen LogP contribution in [-0.2, 0) is 12.8 Å². The van der Waals surface area contributed by atoms with Crippen molar-refractivity contribution in [2.24, 2.45) is 0 Å². The Morgan fingerprint density at radius 2 is 1.76 bits per heavy atom. The highest BCUT2D eigenvalue weighted by atomic mass is 14.2. The summed E-state index contributed by atoms with van der Waals surface area (Å²) in [6.07, 6.45) is 8.44. The number of unbranched alkanes of at least 4 members (excludes halogenated alkanes) is 1. The van der Waals surface area contributed by atoms with Crippen molar-refractivity contribution in [2.45, 2.75) is 46.0 Å². The van der Waals surface area contributed by atoms with E-state index in [1.807, 2.05) is 0 Å². The Kier molecular flexibility index (Phi) is 4.24. The second-order valence-corrected chi connectivity index (χ2v) is 5.97. The van der Waals surface area contributed by atoms with Crippen LogP contribution in [0.25, 0.3) is 17.2 Å². The van der Waals surface area contributed by atoms with Crippen LogP contribution >= 0.6 is 0 Å². The van der Waals surface area contributed by atoms with E-state index in [4.69, 9.17) is 0 Å². The molecule has 0 aromatic heterocycles. The van der Waals surface area contributed by atoms with Crippen LogP contribution in [0, 0.1) is 0 Å². The second kappa shape index (κ2) is 6.30. The predicted molar refractivity (Wildman–Crippen MR) is 92.5 cm³/mol. The number of hydrogen-bond donors (Lipinski definition) is 0. The lowest BCUT2D eigenvalue weighted by atomic mass is 9.90. The van der Waals surface area contributed by atoms with E-state index < -0.39 is 0 Å². The molecule has 0 saturated heterocycles. The summed E-state index contributed by atoms with van der Waals surface area (Å²) in [6, 6.07) is 15.6. The van der Waals surface area contributed by atoms with Crippen molar-refractivity contribution in [3.63, 3.8) is 0 Å². The highest BCUT2D eigenvalue weighted by molar-refractivity contribution is 5.83. The third-order valence-electron chi connectivity index (χ3n) is 4.50. The molecule has 0 saturated carbocycles. The van der Waals surface area contributed by atoms with Crippen LogP contribution in [-0.4, -0.2) is 0 Å². The quantitative estimate of drug-likeness (QED) is 0.624. The summed E-state index contributed by atoms with van der Waals surface area (Å²) >= 11 is 0. The SMILES string of the molecule is CCCCc1ccc2c(c1-c1ccccc1)C=C(CC)C2. The molecule has 1 aliphatic rings. The molecule has 3 rings (SSSR count). The third kappa shape index (κ3) is 2.81. The first-order valence-electron chi connectivity index (χ1n) is 8.23. The van der Waals surface area contributed by atoms with E-state index in [1.54, 1.807) is 5.57 Å². The van der Waals surface area contributed by atoms with Gasteiger partial charge in [-0.25, -0.2) is 0 Å². The normalized spacial score (nSPS) is 13.1. The van der Waals surface area contributed by atoms with Crippen LogP contribution in [0.5, 0.6) is 0 Å². The molecule has 2 aromatic carbocycles. The molecule has 0 atom stereocenters. The maximum atomic E-state index is 2.44. The second-order valence-electron chi connectivity index (χ2n) is 5.97. The van der Waals surface area contributed by atoms with Crippen molar-refractivity contribution < 1.29 is 0 Å². The van der Waals surface area contributed by atoms with Gasteiger partial charge in [-0.1, -0.05) is 74.4 Å². The molecule has 0 heteroatoms. The summed E-state index contributed by atoms with van der Waals surface area (Å²) in [5.41, 5.74) is 8.90. The average Bonchev–Trinajstić information content (AvgIpc) is 2.96. The summed E-state index contributed by atoms with van der Waals surface area (Å²) in [4.78, 5) is 0. The van der Waals surface area contributed by atoms with E-state index in [0.717, 1.165) is 12.8 Å². The van der Waals surface area contributed by atoms with Gasteiger partial charge in [-0.15, -0.1) is 0 Å². The Bertz CT molecular complexity index is 647. The largest absolute Gasteiger partial charge is 0.0655 e. The average molecular weight is 276 g/mol. The fourth-order valence-corrected chi connectivity index (χ4v) is 3.27. The van der Waals surface area contributed by atoms with Crippen molar-refractivity contribution >= 4 is 6.08 Å². The zero-order valence-electron chi connectivity index (χ0n) is 13.2. The van der Waals surface area contributed by atoms with Crippen molar-refractivity contribution in [1.82, 2.24) is 0 Å². The maximum Gasteiger partial charge on any atom is -0.00577 e. The minimum absolute atomic E-state index is 1.14. The van der Waals surface area contributed by atoms with Gasteiger partial charge >= 0.3 is 0 Å². The fraction of sp³-hybridized carbons (Fsp3) is 0.333. The summed E-state index contributed by atoms with van der Waals surface area (Å²) in [7, 11) is 0. The minimum atomic E-state index is 1.14. The van der Waals surface area contributed by atoms with Gasteiger partial charge in [0.1, 0.15) is 0 Å². The van der Waals surface area contributed by atoms with Crippen molar-refractivity contribution in [3.05, 3.63) is 64.7 Å². The molecule has 0 amide bonds. The van der Waals surface area contributed by atoms with Gasteiger partial charge in [0, 0.05) is 0 Å². The van der Waals surface area contributed by atoms with Gasteiger partial charge in [-0.2, -0.15) is 0 Å². The van der Waals surface area contributed by atoms with E-state index in [1.165, 1.54) is 47.1 Å². The van der Waals surface area contributed by atoms with Crippen LogP contribution in [0.1, 0.15) is 49.8 Å². The Labute approximate surface area is 128 Å². The molecule has 2 aromatic rings. The molecule has 108 valence electrons. The summed E-state index contributed by atoms with van der Waals surface area (Å²) in [5, 5.41) is 0. The van der Waals surface area contributed by atoms with Crippen molar-refractivity contribution in [2.75, 3.05) is 0 Å². The molecule has 0 N–H and O–H groups in total. The number of aryl methyl sites for hydroxylation is 1. The molecule has 0 heterocycles. The molecule has 0 nitrogen and oxygen atoms in total. The molecule has 0 unspecified atom stereocenters. The third-order valence-corrected chi connectivity index (χ3v) is 4.50. The van der Waals surface area contributed by atoms with Gasteiger partial charge in [0.25, 0.3) is 0 Å². The van der Waals surface area contributed by atoms with E-state index in [9.17, 15) is 0 Å². The van der Waals surface area contributed by atoms with Gasteiger partial charge < -0.3 is 0 Å². The van der Waals surface area contributed by atoms with E-state index in [0.29, 0.717) is 0 Å². The maximum absolute atomic E-state index is 2.44. The Morgan fingerprint density at radius 1 is 0.952 bits per heavy atom. The molecule has 21 heavy (non-hydrogen) atoms. The van der Waals surface area contributed by atoms with Gasteiger partial charge in [-0.05, 0) is 53.5 Å². The molecule has 0 spiro atoms. The van der Waals surface area contributed by atoms with Crippen molar-refractivity contribution in [3.8, 4) is 11.1 Å². The molecule has 1 aliphatic carbocycles. The lowest BCUT2D eigenvalue weighted by molar-refractivity contribution is 0.796. The van der Waals surface area contributed by atoms with Gasteiger partial charge in [0.05, 0.1) is 0 Å². The highest BCUT2D eigenvalue weighted by Gasteiger charge is 2.18. The lowest BCUT2D eigenvalue weighted by Crippen LogP contribution is -1.96. The number of rotatable bonds is 5. The molecule has 0 bridgehead atoms. The fourth-order valence-electron chi connectivity index (χ4n) is 3.27. The van der Waals surface area contributed by atoms with Crippen LogP contribution in [0.2, 0.25) is 0 Å². The Hall–Kier alpha value is -1.82. The van der Waals surface area contributed by atoms with Gasteiger partial charge in [-0.3, -0.25) is 0 Å². The predicted octanol–water partition coefficient (Wildman–Crippen LogP) is 6.05. The Balaban J connectivity index is 2.14. The van der Waals surface area contributed by atoms with Crippen LogP contribution < -0.4 is 0 Å². The van der Waals surface area contributed by atoms with Gasteiger partial charge in [0.2, 0.25) is 0 Å². The summed E-state index contributed by atoms with van der Waals surface area (Å²) < 4.78 is 0. The first-order chi connectivity index (χ1) is 10.3. The van der Waals surface area contributed by atoms with Gasteiger partial charge in [0.15, 0.2) is 0 Å². The Morgan fingerprint density at radius 3 is 2.48 bits per heavy atom. The smallest absolute Gasteiger partial charge is 0.00577 e. The topological polar surface area (TPSA) is 0 Å². The molecular weight excluding hydrogens is 252 g/mol. The summed E-state index contributed by atoms with van der Waals surface area (Å²) in [6.45, 7) is 4.53. The van der Waals surface area contributed by atoms with E-state index in [-0.39, 0.29) is 0 Å². The van der Waals surface area contributed by atoms with Crippen LogP contribution in [0.15, 0.2) is 48.0 Å². The molecule has 0 fully saturated rings. The first kappa shape index (κ1) is 14.1. The summed E-state index contributed by atoms with van der Waals surface area (Å²) in [5.74, 6) is 0. The molecular formula is C21H24. The standard InChI is InChI=1S/C21H24/c1-3-5-9-18-12-13-19-14-16(4-2)15-20(19)21(18)17-10-7-6-8-11-17/h6-8,10-13,15H,3-5,9,14H2,1-2H3. The molecule has 0 aliphatic heterocycles. The van der Waals surface area contributed by atoms with Crippen molar-refractivity contribution in [1.29, 1.82) is 0 Å². The molecule has 0 radical (unpaired) electrons. The zero-order chi connectivity index (χ0) is 14.7.